The Labute approximate surface area is 136 Å². The summed E-state index contributed by atoms with van der Waals surface area (Å²) in [7, 11) is 0. The Bertz CT molecular complexity index is 358. The first-order chi connectivity index (χ1) is 11.0. The van der Waals surface area contributed by atoms with Crippen LogP contribution in [0.3, 0.4) is 0 Å². The summed E-state index contributed by atoms with van der Waals surface area (Å²) < 4.78 is 14.4. The second kappa shape index (κ2) is 12.4. The van der Waals surface area contributed by atoms with E-state index in [9.17, 15) is 14.4 Å². The van der Waals surface area contributed by atoms with E-state index in [1.165, 1.54) is 0 Å². The average Bonchev–Trinajstić information content (AvgIpc) is 2.48. The van der Waals surface area contributed by atoms with Gasteiger partial charge in [-0.3, -0.25) is 0 Å². The van der Waals surface area contributed by atoms with Crippen molar-refractivity contribution in [3.8, 4) is 0 Å². The first-order valence-corrected chi connectivity index (χ1v) is 7.75. The number of nitrogens with one attached hydrogen (secondary N) is 3. The molecule has 0 saturated heterocycles. The van der Waals surface area contributed by atoms with Gasteiger partial charge in [0.05, 0.1) is 19.8 Å². The first kappa shape index (κ1) is 20.8. The Morgan fingerprint density at radius 2 is 1.22 bits per heavy atom. The van der Waals surface area contributed by atoms with Gasteiger partial charge in [-0.1, -0.05) is 6.92 Å². The van der Waals surface area contributed by atoms with Crippen LogP contribution in [0.2, 0.25) is 0 Å². The summed E-state index contributed by atoms with van der Waals surface area (Å²) in [5.74, 6) is -0.270. The lowest BCUT2D eigenvalue weighted by Crippen LogP contribution is -2.54. The monoisotopic (exact) mass is 333 g/mol. The minimum absolute atomic E-state index is 0.204. The lowest BCUT2D eigenvalue weighted by atomic mass is 10.0. The molecule has 9 heteroatoms. The Balaban J connectivity index is 4.77. The van der Waals surface area contributed by atoms with E-state index >= 15 is 0 Å². The molecule has 9 nitrogen and oxygen atoms in total. The van der Waals surface area contributed by atoms with Crippen LogP contribution in [0.25, 0.3) is 0 Å². The Morgan fingerprint density at radius 3 is 1.61 bits per heavy atom. The molecule has 0 aliphatic carbocycles. The zero-order chi connectivity index (χ0) is 17.7. The van der Waals surface area contributed by atoms with E-state index in [2.05, 4.69) is 16.0 Å². The number of rotatable bonds is 9. The van der Waals surface area contributed by atoms with Gasteiger partial charge in [0, 0.05) is 12.5 Å². The molecule has 23 heavy (non-hydrogen) atoms. The van der Waals surface area contributed by atoms with Gasteiger partial charge in [0.15, 0.2) is 0 Å². The van der Waals surface area contributed by atoms with Gasteiger partial charge in [-0.05, 0) is 27.2 Å². The molecule has 1 unspecified atom stereocenters. The van der Waals surface area contributed by atoms with Crippen LogP contribution >= 0.6 is 0 Å². The van der Waals surface area contributed by atoms with Crippen LogP contribution < -0.4 is 16.0 Å². The third-order valence-corrected chi connectivity index (χ3v) is 2.88. The summed E-state index contributed by atoms with van der Waals surface area (Å²) in [5.41, 5.74) is 0. The van der Waals surface area contributed by atoms with Crippen LogP contribution in [0.5, 0.6) is 0 Å². The maximum absolute atomic E-state index is 11.6. The molecule has 0 aliphatic rings. The van der Waals surface area contributed by atoms with Crippen molar-refractivity contribution in [2.24, 2.45) is 5.92 Å². The highest BCUT2D eigenvalue weighted by molar-refractivity contribution is 5.71. The highest BCUT2D eigenvalue weighted by Crippen LogP contribution is 2.07. The van der Waals surface area contributed by atoms with Gasteiger partial charge in [0.25, 0.3) is 0 Å². The van der Waals surface area contributed by atoms with E-state index < -0.39 is 24.4 Å². The van der Waals surface area contributed by atoms with Crippen molar-refractivity contribution in [1.29, 1.82) is 0 Å². The van der Waals surface area contributed by atoms with Gasteiger partial charge in [-0.25, -0.2) is 14.4 Å². The second-order valence-corrected chi connectivity index (χ2v) is 4.48. The molecule has 0 aromatic rings. The molecule has 0 rings (SSSR count). The second-order valence-electron chi connectivity index (χ2n) is 4.48. The summed E-state index contributed by atoms with van der Waals surface area (Å²) in [6.45, 7) is 7.78. The molecular weight excluding hydrogens is 306 g/mol. The fourth-order valence-corrected chi connectivity index (χ4v) is 1.77. The lowest BCUT2D eigenvalue weighted by Gasteiger charge is -2.27. The van der Waals surface area contributed by atoms with Gasteiger partial charge in [0.2, 0.25) is 0 Å². The number of ether oxygens (including phenoxy) is 3. The maximum atomic E-state index is 11.6. The number of hydrogen-bond donors (Lipinski definition) is 3. The predicted molar refractivity (Wildman–Crippen MR) is 82.9 cm³/mol. The topological polar surface area (TPSA) is 115 Å². The zero-order valence-electron chi connectivity index (χ0n) is 14.1. The molecule has 0 radical (unpaired) electrons. The molecule has 0 fully saturated rings. The number of hydrogen-bond acceptors (Lipinski definition) is 6. The SMILES string of the molecule is CCOC(=O)NCC(CC)C(NC(=O)OCC)NC(=O)OCC. The van der Waals surface area contributed by atoms with E-state index in [-0.39, 0.29) is 32.3 Å². The van der Waals surface area contributed by atoms with Gasteiger partial charge in [0.1, 0.15) is 6.17 Å². The van der Waals surface area contributed by atoms with E-state index in [0.717, 1.165) is 0 Å². The molecule has 0 aromatic heterocycles. The standard InChI is InChI=1S/C14H27N3O6/c1-5-10(9-15-12(18)21-6-2)11(16-13(19)22-7-3)17-14(20)23-8-4/h10-11H,5-9H2,1-4H3,(H,15,18)(H,16,19)(H,17,20). The summed E-state index contributed by atoms with van der Waals surface area (Å²) in [4.78, 5) is 34.6. The van der Waals surface area contributed by atoms with E-state index in [4.69, 9.17) is 14.2 Å². The largest absolute Gasteiger partial charge is 0.450 e. The van der Waals surface area contributed by atoms with Crippen LogP contribution in [-0.4, -0.2) is 50.8 Å². The van der Waals surface area contributed by atoms with Crippen molar-refractivity contribution in [3.05, 3.63) is 0 Å². The van der Waals surface area contributed by atoms with Gasteiger partial charge in [-0.2, -0.15) is 0 Å². The van der Waals surface area contributed by atoms with Crippen molar-refractivity contribution in [2.45, 2.75) is 40.3 Å². The van der Waals surface area contributed by atoms with Crippen molar-refractivity contribution in [2.75, 3.05) is 26.4 Å². The predicted octanol–water partition coefficient (Wildman–Crippen LogP) is 1.58. The third kappa shape index (κ3) is 9.43. The molecule has 3 amide bonds. The van der Waals surface area contributed by atoms with Crippen LogP contribution in [0, 0.1) is 5.92 Å². The fourth-order valence-electron chi connectivity index (χ4n) is 1.77. The molecule has 0 bridgehead atoms. The summed E-state index contributed by atoms with van der Waals surface area (Å²) in [6.07, 6.45) is -2.06. The number of alkyl carbamates (subject to hydrolysis) is 3. The summed E-state index contributed by atoms with van der Waals surface area (Å²) in [5, 5.41) is 7.68. The van der Waals surface area contributed by atoms with E-state index in [1.54, 1.807) is 20.8 Å². The fraction of sp³-hybridized carbons (Fsp3) is 0.786. The maximum Gasteiger partial charge on any atom is 0.408 e. The van der Waals surface area contributed by atoms with Gasteiger partial charge in [-0.15, -0.1) is 0 Å². The van der Waals surface area contributed by atoms with E-state index in [0.29, 0.717) is 6.42 Å². The molecule has 0 saturated carbocycles. The molecule has 134 valence electrons. The van der Waals surface area contributed by atoms with Gasteiger partial charge < -0.3 is 30.2 Å². The van der Waals surface area contributed by atoms with Crippen LogP contribution in [0.1, 0.15) is 34.1 Å². The highest BCUT2D eigenvalue weighted by atomic mass is 16.6. The van der Waals surface area contributed by atoms with E-state index in [1.807, 2.05) is 6.92 Å². The highest BCUT2D eigenvalue weighted by Gasteiger charge is 2.25. The molecule has 0 aliphatic heterocycles. The van der Waals surface area contributed by atoms with Crippen molar-refractivity contribution >= 4 is 18.3 Å². The molecule has 3 N–H and O–H groups in total. The molecular formula is C14H27N3O6. The quantitative estimate of drug-likeness (QED) is 0.436. The molecule has 1 atom stereocenters. The molecule has 0 heterocycles. The Kier molecular flexibility index (Phi) is 11.2. The smallest absolute Gasteiger partial charge is 0.408 e. The lowest BCUT2D eigenvalue weighted by molar-refractivity contribution is 0.124. The minimum atomic E-state index is -0.750. The van der Waals surface area contributed by atoms with Crippen molar-refractivity contribution in [3.63, 3.8) is 0 Å². The molecule has 0 aromatic carbocycles. The van der Waals surface area contributed by atoms with Crippen LogP contribution in [0.4, 0.5) is 14.4 Å². The number of carbonyl (C=O) groups is 3. The number of amides is 3. The first-order valence-electron chi connectivity index (χ1n) is 7.75. The van der Waals surface area contributed by atoms with Crippen molar-refractivity contribution in [1.82, 2.24) is 16.0 Å². The summed E-state index contributed by atoms with van der Waals surface area (Å²) in [6, 6.07) is 0. The summed E-state index contributed by atoms with van der Waals surface area (Å²) >= 11 is 0. The Hall–Kier alpha value is -2.19. The van der Waals surface area contributed by atoms with Gasteiger partial charge >= 0.3 is 18.3 Å². The number of carbonyl (C=O) groups excluding carboxylic acids is 3. The zero-order valence-corrected chi connectivity index (χ0v) is 14.1. The Morgan fingerprint density at radius 1 is 0.783 bits per heavy atom. The normalized spacial score (nSPS) is 11.3. The molecule has 0 spiro atoms. The minimum Gasteiger partial charge on any atom is -0.450 e. The van der Waals surface area contributed by atoms with Crippen molar-refractivity contribution < 1.29 is 28.6 Å². The average molecular weight is 333 g/mol. The van der Waals surface area contributed by atoms with Crippen LogP contribution in [0.15, 0.2) is 0 Å². The van der Waals surface area contributed by atoms with Crippen LogP contribution in [-0.2, 0) is 14.2 Å². The third-order valence-electron chi connectivity index (χ3n) is 2.88.